The zero-order chi connectivity index (χ0) is 17.1. The summed E-state index contributed by atoms with van der Waals surface area (Å²) in [7, 11) is 3.96. The number of ketones is 1. The average molecular weight is 325 g/mol. The first kappa shape index (κ1) is 16.2. The molecular weight excluding hydrogens is 302 g/mol. The van der Waals surface area contributed by atoms with E-state index in [0.29, 0.717) is 0 Å². The molecule has 1 aromatic carbocycles. The molecule has 1 aliphatic heterocycles. The molecule has 0 bridgehead atoms. The molecule has 0 atom stereocenters. The van der Waals surface area contributed by atoms with Crippen molar-refractivity contribution in [3.63, 3.8) is 0 Å². The topological polar surface area (TPSA) is 52.6 Å². The summed E-state index contributed by atoms with van der Waals surface area (Å²) in [6.45, 7) is 5.29. The maximum absolute atomic E-state index is 11.4. The van der Waals surface area contributed by atoms with Gasteiger partial charge in [0.05, 0.1) is 0 Å². The van der Waals surface area contributed by atoms with Crippen LogP contribution in [0.3, 0.4) is 0 Å². The molecule has 0 radical (unpaired) electrons. The van der Waals surface area contributed by atoms with Gasteiger partial charge in [-0.1, -0.05) is 0 Å². The number of rotatable bonds is 4. The van der Waals surface area contributed by atoms with Gasteiger partial charge in [0.25, 0.3) is 0 Å². The molecule has 1 saturated heterocycles. The van der Waals surface area contributed by atoms with E-state index in [0.717, 1.165) is 49.1 Å². The van der Waals surface area contributed by atoms with Crippen LogP contribution < -0.4 is 14.7 Å². The van der Waals surface area contributed by atoms with E-state index in [-0.39, 0.29) is 5.78 Å². The van der Waals surface area contributed by atoms with Gasteiger partial charge in [0.15, 0.2) is 5.78 Å². The second-order valence-electron chi connectivity index (χ2n) is 6.21. The SMILES string of the molecule is CC(=O)c1ccc(N2CCN(c3cc(N(C)C)ncn3)CC2)cc1. The summed E-state index contributed by atoms with van der Waals surface area (Å²) in [6, 6.07) is 9.88. The average Bonchev–Trinajstić information content (AvgIpc) is 2.62. The highest BCUT2D eigenvalue weighted by Gasteiger charge is 2.19. The molecule has 0 unspecified atom stereocenters. The van der Waals surface area contributed by atoms with Gasteiger partial charge in [-0.3, -0.25) is 4.79 Å². The molecule has 3 rings (SSSR count). The Bertz CT molecular complexity index is 706. The molecule has 2 heterocycles. The Hall–Kier alpha value is -2.63. The van der Waals surface area contributed by atoms with Gasteiger partial charge in [0.1, 0.15) is 18.0 Å². The molecule has 1 fully saturated rings. The Balaban J connectivity index is 1.65. The monoisotopic (exact) mass is 325 g/mol. The highest BCUT2D eigenvalue weighted by Crippen LogP contribution is 2.21. The molecule has 24 heavy (non-hydrogen) atoms. The number of benzene rings is 1. The third-order valence-electron chi connectivity index (χ3n) is 4.34. The van der Waals surface area contributed by atoms with Gasteiger partial charge in [-0.05, 0) is 31.2 Å². The third kappa shape index (κ3) is 3.48. The molecule has 126 valence electrons. The Kier molecular flexibility index (Phi) is 4.64. The number of hydrogen-bond donors (Lipinski definition) is 0. The number of nitrogens with zero attached hydrogens (tertiary/aromatic N) is 5. The van der Waals surface area contributed by atoms with Gasteiger partial charge in [-0.15, -0.1) is 0 Å². The lowest BCUT2D eigenvalue weighted by Gasteiger charge is -2.36. The van der Waals surface area contributed by atoms with Gasteiger partial charge in [-0.25, -0.2) is 9.97 Å². The van der Waals surface area contributed by atoms with Crippen LogP contribution in [0.5, 0.6) is 0 Å². The number of carbonyl (C=O) groups excluding carboxylic acids is 1. The van der Waals surface area contributed by atoms with Crippen LogP contribution >= 0.6 is 0 Å². The molecule has 0 aliphatic carbocycles. The minimum Gasteiger partial charge on any atom is -0.368 e. The highest BCUT2D eigenvalue weighted by molar-refractivity contribution is 5.94. The predicted octanol–water partition coefficient (Wildman–Crippen LogP) is 2.07. The second kappa shape index (κ2) is 6.86. The number of anilines is 3. The van der Waals surface area contributed by atoms with Crippen molar-refractivity contribution in [1.29, 1.82) is 0 Å². The van der Waals surface area contributed by atoms with Gasteiger partial charge < -0.3 is 14.7 Å². The summed E-state index contributed by atoms with van der Waals surface area (Å²) in [5.41, 5.74) is 1.92. The van der Waals surface area contributed by atoms with E-state index >= 15 is 0 Å². The van der Waals surface area contributed by atoms with E-state index < -0.39 is 0 Å². The van der Waals surface area contributed by atoms with Crippen LogP contribution in [0.1, 0.15) is 17.3 Å². The molecule has 1 aromatic heterocycles. The minimum absolute atomic E-state index is 0.104. The summed E-state index contributed by atoms with van der Waals surface area (Å²) in [5.74, 6) is 1.99. The minimum atomic E-state index is 0.104. The zero-order valence-electron chi connectivity index (χ0n) is 14.4. The third-order valence-corrected chi connectivity index (χ3v) is 4.34. The van der Waals surface area contributed by atoms with Crippen LogP contribution in [0.2, 0.25) is 0 Å². The lowest BCUT2D eigenvalue weighted by atomic mass is 10.1. The van der Waals surface area contributed by atoms with Crippen LogP contribution in [-0.4, -0.2) is 56.0 Å². The second-order valence-corrected chi connectivity index (χ2v) is 6.21. The van der Waals surface area contributed by atoms with E-state index in [2.05, 4.69) is 19.8 Å². The number of carbonyl (C=O) groups is 1. The Morgan fingerprint density at radius 1 is 1.00 bits per heavy atom. The van der Waals surface area contributed by atoms with Gasteiger partial charge >= 0.3 is 0 Å². The van der Waals surface area contributed by atoms with Crippen LogP contribution in [0.4, 0.5) is 17.3 Å². The molecule has 6 nitrogen and oxygen atoms in total. The van der Waals surface area contributed by atoms with Crippen molar-refractivity contribution in [3.05, 3.63) is 42.2 Å². The fourth-order valence-electron chi connectivity index (χ4n) is 2.86. The number of aromatic nitrogens is 2. The lowest BCUT2D eigenvalue weighted by Crippen LogP contribution is -2.46. The standard InChI is InChI=1S/C18H23N5O/c1-14(24)15-4-6-16(7-5-15)22-8-10-23(11-9-22)18-12-17(21(2)3)19-13-20-18/h4-7,12-13H,8-11H2,1-3H3. The molecule has 0 N–H and O–H groups in total. The summed E-state index contributed by atoms with van der Waals surface area (Å²) in [5, 5.41) is 0. The van der Waals surface area contributed by atoms with Crippen LogP contribution in [0, 0.1) is 0 Å². The fourth-order valence-corrected chi connectivity index (χ4v) is 2.86. The van der Waals surface area contributed by atoms with Crippen molar-refractivity contribution in [2.75, 3.05) is 55.0 Å². The zero-order valence-corrected chi connectivity index (χ0v) is 14.4. The van der Waals surface area contributed by atoms with Crippen LogP contribution in [0.15, 0.2) is 36.7 Å². The maximum atomic E-state index is 11.4. The number of hydrogen-bond acceptors (Lipinski definition) is 6. The van der Waals surface area contributed by atoms with Crippen LogP contribution in [-0.2, 0) is 0 Å². The number of piperazine rings is 1. The summed E-state index contributed by atoms with van der Waals surface area (Å²) < 4.78 is 0. The molecular formula is C18H23N5O. The van der Waals surface area contributed by atoms with E-state index in [4.69, 9.17) is 0 Å². The van der Waals surface area contributed by atoms with Gasteiger partial charge in [-0.2, -0.15) is 0 Å². The lowest BCUT2D eigenvalue weighted by molar-refractivity contribution is 0.101. The Morgan fingerprint density at radius 3 is 2.21 bits per heavy atom. The Morgan fingerprint density at radius 2 is 1.62 bits per heavy atom. The fraction of sp³-hybridized carbons (Fsp3) is 0.389. The maximum Gasteiger partial charge on any atom is 0.159 e. The molecule has 0 spiro atoms. The summed E-state index contributed by atoms with van der Waals surface area (Å²) >= 11 is 0. The quantitative estimate of drug-likeness (QED) is 0.802. The van der Waals surface area contributed by atoms with E-state index in [1.165, 1.54) is 0 Å². The first-order valence-corrected chi connectivity index (χ1v) is 8.15. The summed E-state index contributed by atoms with van der Waals surface area (Å²) in [6.07, 6.45) is 1.62. The molecule has 0 amide bonds. The molecule has 2 aromatic rings. The summed E-state index contributed by atoms with van der Waals surface area (Å²) in [4.78, 5) is 26.7. The van der Waals surface area contributed by atoms with Crippen LogP contribution in [0.25, 0.3) is 0 Å². The predicted molar refractivity (Wildman–Crippen MR) is 97.2 cm³/mol. The number of Topliss-reactive ketones (excluding diaryl/α,β-unsaturated/α-hetero) is 1. The largest absolute Gasteiger partial charge is 0.368 e. The van der Waals surface area contributed by atoms with Crippen molar-refractivity contribution >= 4 is 23.1 Å². The van der Waals surface area contributed by atoms with Crippen molar-refractivity contribution in [3.8, 4) is 0 Å². The van der Waals surface area contributed by atoms with Crippen molar-refractivity contribution in [2.45, 2.75) is 6.92 Å². The van der Waals surface area contributed by atoms with Crippen molar-refractivity contribution in [2.24, 2.45) is 0 Å². The first-order valence-electron chi connectivity index (χ1n) is 8.15. The van der Waals surface area contributed by atoms with Crippen molar-refractivity contribution in [1.82, 2.24) is 9.97 Å². The van der Waals surface area contributed by atoms with Gasteiger partial charge in [0, 0.05) is 57.6 Å². The molecule has 1 aliphatic rings. The smallest absolute Gasteiger partial charge is 0.159 e. The highest BCUT2D eigenvalue weighted by atomic mass is 16.1. The van der Waals surface area contributed by atoms with Gasteiger partial charge in [0.2, 0.25) is 0 Å². The van der Waals surface area contributed by atoms with E-state index in [1.54, 1.807) is 13.3 Å². The Labute approximate surface area is 142 Å². The molecule has 6 heteroatoms. The molecule has 0 saturated carbocycles. The van der Waals surface area contributed by atoms with E-state index in [9.17, 15) is 4.79 Å². The van der Waals surface area contributed by atoms with Crippen molar-refractivity contribution < 1.29 is 4.79 Å². The van der Waals surface area contributed by atoms with E-state index in [1.807, 2.05) is 49.3 Å². The normalized spacial score (nSPS) is 14.6. The first-order chi connectivity index (χ1) is 11.5.